The Kier molecular flexibility index (Phi) is 4.74. The number of hydrogen-bond acceptors (Lipinski definition) is 3. The van der Waals surface area contributed by atoms with Crippen LogP contribution in [0.25, 0.3) is 10.2 Å². The Morgan fingerprint density at radius 3 is 2.56 bits per heavy atom. The lowest BCUT2D eigenvalue weighted by Crippen LogP contribution is -2.16. The van der Waals surface area contributed by atoms with E-state index in [4.69, 9.17) is 18.0 Å². The average Bonchev–Trinajstić information content (AvgIpc) is 2.86. The molecule has 0 unspecified atom stereocenters. The van der Waals surface area contributed by atoms with Gasteiger partial charge in [-0.15, -0.1) is 10.8 Å². The average molecular weight is 391 g/mol. The molecule has 0 fully saturated rings. The molecule has 1 aromatic heterocycles. The molecule has 2 aromatic carbocycles. The van der Waals surface area contributed by atoms with Gasteiger partial charge in [-0.25, -0.2) is 0 Å². The minimum Gasteiger partial charge on any atom is -0.304 e. The van der Waals surface area contributed by atoms with Gasteiger partial charge < -0.3 is 4.57 Å². The molecule has 0 aliphatic rings. The van der Waals surface area contributed by atoms with E-state index in [0.717, 1.165) is 21.3 Å². The third kappa shape index (κ3) is 3.49. The van der Waals surface area contributed by atoms with Gasteiger partial charge in [0, 0.05) is 5.02 Å². The quantitative estimate of drug-likeness (QED) is 0.637. The standard InChI is InChI=1S/C18H15ClN2O2S2/c1-4-9-21-16-11-12(2)10-13(3)17(16)24-18(21)20-25(22,23)15-7-5-14(19)6-8-15/h1,5-8,10-11H,9H2,2-3H3. The Labute approximate surface area is 155 Å². The molecule has 0 amide bonds. The molecule has 0 aliphatic heterocycles. The second kappa shape index (κ2) is 6.68. The lowest BCUT2D eigenvalue weighted by molar-refractivity contribution is 0.596. The van der Waals surface area contributed by atoms with E-state index in [2.05, 4.69) is 16.4 Å². The number of aryl methyl sites for hydroxylation is 2. The van der Waals surface area contributed by atoms with Crippen molar-refractivity contribution in [1.82, 2.24) is 4.57 Å². The van der Waals surface area contributed by atoms with Crippen molar-refractivity contribution in [3.63, 3.8) is 0 Å². The summed E-state index contributed by atoms with van der Waals surface area (Å²) < 4.78 is 32.0. The van der Waals surface area contributed by atoms with Gasteiger partial charge >= 0.3 is 0 Å². The Morgan fingerprint density at radius 1 is 1.24 bits per heavy atom. The number of terminal acetylenes is 1. The summed E-state index contributed by atoms with van der Waals surface area (Å²) in [6, 6.07) is 9.97. The molecule has 0 aliphatic carbocycles. The van der Waals surface area contributed by atoms with Gasteiger partial charge in [-0.1, -0.05) is 34.9 Å². The van der Waals surface area contributed by atoms with Crippen LogP contribution in [0.4, 0.5) is 0 Å². The second-order valence-electron chi connectivity index (χ2n) is 5.63. The van der Waals surface area contributed by atoms with Crippen molar-refractivity contribution in [3.05, 3.63) is 57.3 Å². The maximum absolute atomic E-state index is 12.6. The van der Waals surface area contributed by atoms with Gasteiger partial charge in [0.25, 0.3) is 10.0 Å². The molecule has 0 radical (unpaired) electrons. The maximum atomic E-state index is 12.6. The summed E-state index contributed by atoms with van der Waals surface area (Å²) in [5.74, 6) is 2.57. The zero-order valence-electron chi connectivity index (χ0n) is 13.7. The van der Waals surface area contributed by atoms with E-state index in [1.165, 1.54) is 35.6 Å². The largest absolute Gasteiger partial charge is 0.304 e. The van der Waals surface area contributed by atoms with Gasteiger partial charge in [0.15, 0.2) is 0 Å². The van der Waals surface area contributed by atoms with E-state index in [9.17, 15) is 8.42 Å². The third-order valence-electron chi connectivity index (χ3n) is 3.67. The molecule has 0 saturated carbocycles. The van der Waals surface area contributed by atoms with Gasteiger partial charge in [0.05, 0.1) is 21.7 Å². The monoisotopic (exact) mass is 390 g/mol. The fraction of sp³-hybridized carbons (Fsp3) is 0.167. The van der Waals surface area contributed by atoms with Gasteiger partial charge in [-0.05, 0) is 55.3 Å². The smallest absolute Gasteiger partial charge is 0.285 e. The van der Waals surface area contributed by atoms with Crippen LogP contribution in [-0.2, 0) is 16.6 Å². The van der Waals surface area contributed by atoms with Crippen LogP contribution in [0.3, 0.4) is 0 Å². The van der Waals surface area contributed by atoms with Crippen LogP contribution >= 0.6 is 22.9 Å². The van der Waals surface area contributed by atoms with Crippen molar-refractivity contribution in [3.8, 4) is 12.3 Å². The van der Waals surface area contributed by atoms with Crippen molar-refractivity contribution in [2.24, 2.45) is 4.40 Å². The first kappa shape index (κ1) is 17.7. The molecule has 0 bridgehead atoms. The summed E-state index contributed by atoms with van der Waals surface area (Å²) in [6.07, 6.45) is 5.48. The molecule has 4 nitrogen and oxygen atoms in total. The number of aromatic nitrogens is 1. The van der Waals surface area contributed by atoms with Crippen LogP contribution in [0.1, 0.15) is 11.1 Å². The van der Waals surface area contributed by atoms with E-state index in [0.29, 0.717) is 9.82 Å². The molecular weight excluding hydrogens is 376 g/mol. The first-order valence-electron chi connectivity index (χ1n) is 7.42. The highest BCUT2D eigenvalue weighted by atomic mass is 35.5. The summed E-state index contributed by atoms with van der Waals surface area (Å²) in [5, 5.41) is 0.467. The Balaban J connectivity index is 2.29. The van der Waals surface area contributed by atoms with E-state index in [-0.39, 0.29) is 11.4 Å². The number of halogens is 1. The number of hydrogen-bond donors (Lipinski definition) is 0. The molecule has 0 atom stereocenters. The second-order valence-corrected chi connectivity index (χ2v) is 8.64. The van der Waals surface area contributed by atoms with Crippen molar-refractivity contribution in [2.75, 3.05) is 0 Å². The molecule has 128 valence electrons. The van der Waals surface area contributed by atoms with Crippen LogP contribution < -0.4 is 4.80 Å². The van der Waals surface area contributed by atoms with Crippen LogP contribution in [0.5, 0.6) is 0 Å². The lowest BCUT2D eigenvalue weighted by Gasteiger charge is -2.03. The molecule has 3 aromatic rings. The van der Waals surface area contributed by atoms with Crippen molar-refractivity contribution in [2.45, 2.75) is 25.3 Å². The number of thiazole rings is 1. The first-order chi connectivity index (χ1) is 11.8. The molecular formula is C18H15ClN2O2S2. The van der Waals surface area contributed by atoms with Crippen molar-refractivity contribution in [1.29, 1.82) is 0 Å². The highest BCUT2D eigenvalue weighted by molar-refractivity contribution is 7.90. The number of fused-ring (bicyclic) bond motifs is 1. The zero-order valence-corrected chi connectivity index (χ0v) is 16.0. The predicted octanol–water partition coefficient (Wildman–Crippen LogP) is 3.90. The lowest BCUT2D eigenvalue weighted by atomic mass is 10.1. The minimum atomic E-state index is -3.85. The highest BCUT2D eigenvalue weighted by Crippen LogP contribution is 2.24. The zero-order chi connectivity index (χ0) is 18.2. The van der Waals surface area contributed by atoms with Gasteiger partial charge in [0.2, 0.25) is 4.80 Å². The maximum Gasteiger partial charge on any atom is 0.285 e. The number of sulfonamides is 1. The minimum absolute atomic E-state index is 0.0921. The molecule has 7 heteroatoms. The van der Waals surface area contributed by atoms with Crippen molar-refractivity contribution >= 4 is 43.2 Å². The Hall–Kier alpha value is -2.07. The topological polar surface area (TPSA) is 51.4 Å². The molecule has 1 heterocycles. The van der Waals surface area contributed by atoms with E-state index in [1.807, 2.05) is 19.9 Å². The highest BCUT2D eigenvalue weighted by Gasteiger charge is 2.15. The summed E-state index contributed by atoms with van der Waals surface area (Å²) in [6.45, 7) is 4.23. The van der Waals surface area contributed by atoms with E-state index < -0.39 is 10.0 Å². The number of benzene rings is 2. The molecule has 3 rings (SSSR count). The van der Waals surface area contributed by atoms with Crippen LogP contribution in [0.2, 0.25) is 5.02 Å². The fourth-order valence-corrected chi connectivity index (χ4v) is 5.00. The molecule has 0 spiro atoms. The van der Waals surface area contributed by atoms with Gasteiger partial charge in [-0.3, -0.25) is 0 Å². The van der Waals surface area contributed by atoms with Gasteiger partial charge in [-0.2, -0.15) is 8.42 Å². The summed E-state index contributed by atoms with van der Waals surface area (Å²) in [4.78, 5) is 0.450. The van der Waals surface area contributed by atoms with E-state index >= 15 is 0 Å². The van der Waals surface area contributed by atoms with Crippen LogP contribution in [0, 0.1) is 26.2 Å². The van der Waals surface area contributed by atoms with Crippen LogP contribution in [0.15, 0.2) is 45.7 Å². The SMILES string of the molecule is C#CCn1c(=NS(=O)(=O)c2ccc(Cl)cc2)sc2c(C)cc(C)cc21. The van der Waals surface area contributed by atoms with Gasteiger partial charge in [0.1, 0.15) is 0 Å². The predicted molar refractivity (Wildman–Crippen MR) is 102 cm³/mol. The summed E-state index contributed by atoms with van der Waals surface area (Å²) in [7, 11) is -3.85. The third-order valence-corrected chi connectivity index (χ3v) is 6.55. The van der Waals surface area contributed by atoms with E-state index in [1.54, 1.807) is 4.57 Å². The molecule has 25 heavy (non-hydrogen) atoms. The first-order valence-corrected chi connectivity index (χ1v) is 10.1. The number of nitrogens with zero attached hydrogens (tertiary/aromatic N) is 2. The Morgan fingerprint density at radius 2 is 1.92 bits per heavy atom. The van der Waals surface area contributed by atoms with Crippen molar-refractivity contribution < 1.29 is 8.42 Å². The summed E-state index contributed by atoms with van der Waals surface area (Å²) >= 11 is 7.14. The fourth-order valence-electron chi connectivity index (χ4n) is 2.59. The Bertz CT molecular complexity index is 1160. The normalized spacial score (nSPS) is 12.5. The summed E-state index contributed by atoms with van der Waals surface area (Å²) in [5.41, 5.74) is 3.04. The molecule has 0 N–H and O–H groups in total. The van der Waals surface area contributed by atoms with Crippen LogP contribution in [-0.4, -0.2) is 13.0 Å². The number of rotatable bonds is 3. The molecule has 0 saturated heterocycles.